The molecule has 5 nitrogen and oxygen atoms in total. The van der Waals surface area contributed by atoms with Crippen LogP contribution in [0.3, 0.4) is 0 Å². The lowest BCUT2D eigenvalue weighted by molar-refractivity contribution is -0.118. The lowest BCUT2D eigenvalue weighted by Gasteiger charge is -2.31. The van der Waals surface area contributed by atoms with Crippen molar-refractivity contribution in [1.29, 1.82) is 0 Å². The van der Waals surface area contributed by atoms with Crippen LogP contribution in [0.4, 0.5) is 5.69 Å². The van der Waals surface area contributed by atoms with E-state index in [0.717, 1.165) is 31.2 Å². The molecule has 0 saturated heterocycles. The zero-order valence-corrected chi connectivity index (χ0v) is 16.6. The Hall–Kier alpha value is -2.82. The van der Waals surface area contributed by atoms with E-state index in [1.54, 1.807) is 12.1 Å². The summed E-state index contributed by atoms with van der Waals surface area (Å²) in [5, 5.41) is 2.82. The summed E-state index contributed by atoms with van der Waals surface area (Å²) in [6, 6.07) is 15.0. The molecule has 2 aromatic rings. The molecule has 148 valence electrons. The molecule has 0 heterocycles. The number of carbonyl (C=O) groups is 2. The number of aryl methyl sites for hydroxylation is 1. The summed E-state index contributed by atoms with van der Waals surface area (Å²) in [7, 11) is 1.86. The van der Waals surface area contributed by atoms with Gasteiger partial charge in [0, 0.05) is 13.1 Å². The fourth-order valence-corrected chi connectivity index (χ4v) is 3.57. The maximum absolute atomic E-state index is 13.0. The highest BCUT2D eigenvalue weighted by Crippen LogP contribution is 2.25. The molecule has 5 heteroatoms. The van der Waals surface area contributed by atoms with E-state index >= 15 is 0 Å². The zero-order valence-electron chi connectivity index (χ0n) is 16.6. The van der Waals surface area contributed by atoms with Crippen molar-refractivity contribution in [2.75, 3.05) is 19.0 Å². The lowest BCUT2D eigenvalue weighted by Crippen LogP contribution is -2.38. The Balaban J connectivity index is 1.63. The summed E-state index contributed by atoms with van der Waals surface area (Å²) in [5.74, 6) is 0.297. The van der Waals surface area contributed by atoms with Gasteiger partial charge in [-0.25, -0.2) is 0 Å². The van der Waals surface area contributed by atoms with Gasteiger partial charge in [0.1, 0.15) is 5.75 Å². The number of carbonyl (C=O) groups excluding carboxylic acids is 2. The van der Waals surface area contributed by atoms with Crippen LogP contribution in [0.15, 0.2) is 48.5 Å². The average molecular weight is 380 g/mol. The van der Waals surface area contributed by atoms with Gasteiger partial charge in [0.2, 0.25) is 0 Å². The van der Waals surface area contributed by atoms with Gasteiger partial charge in [0.05, 0.1) is 11.3 Å². The van der Waals surface area contributed by atoms with Gasteiger partial charge in [-0.05, 0) is 44.0 Å². The van der Waals surface area contributed by atoms with E-state index in [1.807, 2.05) is 55.3 Å². The fourth-order valence-electron chi connectivity index (χ4n) is 3.57. The van der Waals surface area contributed by atoms with Crippen LogP contribution in [0.25, 0.3) is 0 Å². The van der Waals surface area contributed by atoms with Crippen molar-refractivity contribution >= 4 is 17.5 Å². The monoisotopic (exact) mass is 380 g/mol. The van der Waals surface area contributed by atoms with Crippen LogP contribution in [0.2, 0.25) is 0 Å². The summed E-state index contributed by atoms with van der Waals surface area (Å²) >= 11 is 0. The van der Waals surface area contributed by atoms with E-state index in [0.29, 0.717) is 17.0 Å². The standard InChI is InChI=1S/C23H28N2O3/c1-17-12-14-19(15-13-17)28-16-22(26)24-21-11-7-6-10-20(21)23(27)25(2)18-8-4-3-5-9-18/h6-7,10-15,18H,3-5,8-9,16H2,1-2H3,(H,24,26). The molecule has 0 radical (unpaired) electrons. The molecule has 0 aliphatic heterocycles. The van der Waals surface area contributed by atoms with Gasteiger partial charge in [-0.3, -0.25) is 9.59 Å². The van der Waals surface area contributed by atoms with Gasteiger partial charge in [-0.2, -0.15) is 0 Å². The number of rotatable bonds is 6. The first-order valence-electron chi connectivity index (χ1n) is 9.90. The van der Waals surface area contributed by atoms with Gasteiger partial charge in [0.15, 0.2) is 6.61 Å². The molecule has 3 rings (SSSR count). The van der Waals surface area contributed by atoms with Crippen molar-refractivity contribution in [3.8, 4) is 5.75 Å². The van der Waals surface area contributed by atoms with Gasteiger partial charge < -0.3 is 15.0 Å². The van der Waals surface area contributed by atoms with Crippen LogP contribution in [0, 0.1) is 6.92 Å². The quantitative estimate of drug-likeness (QED) is 0.807. The first-order chi connectivity index (χ1) is 13.5. The molecule has 0 unspecified atom stereocenters. The Morgan fingerprint density at radius 3 is 2.43 bits per heavy atom. The third kappa shape index (κ3) is 5.12. The number of hydrogen-bond donors (Lipinski definition) is 1. The number of nitrogens with one attached hydrogen (secondary N) is 1. The predicted octanol–water partition coefficient (Wildman–Crippen LogP) is 4.42. The molecule has 1 aliphatic carbocycles. The Morgan fingerprint density at radius 1 is 1.04 bits per heavy atom. The SMILES string of the molecule is Cc1ccc(OCC(=O)Nc2ccccc2C(=O)N(C)C2CCCCC2)cc1. The van der Waals surface area contributed by atoms with Gasteiger partial charge in [0.25, 0.3) is 11.8 Å². The lowest BCUT2D eigenvalue weighted by atomic mass is 9.94. The minimum Gasteiger partial charge on any atom is -0.484 e. The van der Waals surface area contributed by atoms with Crippen molar-refractivity contribution in [3.63, 3.8) is 0 Å². The Labute approximate surface area is 166 Å². The molecular weight excluding hydrogens is 352 g/mol. The molecule has 0 aromatic heterocycles. The van der Waals surface area contributed by atoms with E-state index in [2.05, 4.69) is 5.32 Å². The van der Waals surface area contributed by atoms with Crippen LogP contribution in [-0.4, -0.2) is 36.4 Å². The third-order valence-electron chi connectivity index (χ3n) is 5.27. The van der Waals surface area contributed by atoms with E-state index in [-0.39, 0.29) is 24.5 Å². The van der Waals surface area contributed by atoms with Gasteiger partial charge in [-0.1, -0.05) is 49.1 Å². The largest absolute Gasteiger partial charge is 0.484 e. The van der Waals surface area contributed by atoms with E-state index in [9.17, 15) is 9.59 Å². The number of ether oxygens (including phenoxy) is 1. The van der Waals surface area contributed by atoms with Crippen molar-refractivity contribution in [3.05, 3.63) is 59.7 Å². The van der Waals surface area contributed by atoms with Crippen LogP contribution >= 0.6 is 0 Å². The first-order valence-corrected chi connectivity index (χ1v) is 9.90. The number of amides is 2. The van der Waals surface area contributed by atoms with E-state index < -0.39 is 0 Å². The molecule has 2 amide bonds. The molecule has 2 aromatic carbocycles. The van der Waals surface area contributed by atoms with Crippen LogP contribution in [0.1, 0.15) is 48.0 Å². The van der Waals surface area contributed by atoms with Crippen molar-refractivity contribution in [2.45, 2.75) is 45.1 Å². The highest BCUT2D eigenvalue weighted by atomic mass is 16.5. The van der Waals surface area contributed by atoms with E-state index in [1.165, 1.54) is 6.42 Å². The number of para-hydroxylation sites is 1. The molecule has 1 aliphatic rings. The molecule has 0 bridgehead atoms. The second-order valence-electron chi connectivity index (χ2n) is 7.40. The number of nitrogens with zero attached hydrogens (tertiary/aromatic N) is 1. The Kier molecular flexibility index (Phi) is 6.69. The summed E-state index contributed by atoms with van der Waals surface area (Å²) in [6.45, 7) is 1.89. The average Bonchev–Trinajstić information content (AvgIpc) is 2.73. The highest BCUT2D eigenvalue weighted by Gasteiger charge is 2.24. The second-order valence-corrected chi connectivity index (χ2v) is 7.40. The fraction of sp³-hybridized carbons (Fsp3) is 0.391. The normalized spacial score (nSPS) is 14.4. The van der Waals surface area contributed by atoms with Gasteiger partial charge in [-0.15, -0.1) is 0 Å². The smallest absolute Gasteiger partial charge is 0.262 e. The molecule has 0 spiro atoms. The number of hydrogen-bond acceptors (Lipinski definition) is 3. The molecule has 28 heavy (non-hydrogen) atoms. The minimum atomic E-state index is -0.291. The van der Waals surface area contributed by atoms with Crippen molar-refractivity contribution in [2.24, 2.45) is 0 Å². The summed E-state index contributed by atoms with van der Waals surface area (Å²) in [6.07, 6.45) is 5.66. The highest BCUT2D eigenvalue weighted by molar-refractivity contribution is 6.04. The van der Waals surface area contributed by atoms with Crippen LogP contribution in [-0.2, 0) is 4.79 Å². The predicted molar refractivity (Wildman–Crippen MR) is 111 cm³/mol. The molecule has 1 N–H and O–H groups in total. The molecule has 0 atom stereocenters. The maximum Gasteiger partial charge on any atom is 0.262 e. The first kappa shape index (κ1) is 19.9. The summed E-state index contributed by atoms with van der Waals surface area (Å²) in [4.78, 5) is 27.2. The number of benzene rings is 2. The summed E-state index contributed by atoms with van der Waals surface area (Å²) < 4.78 is 5.53. The zero-order chi connectivity index (χ0) is 19.9. The van der Waals surface area contributed by atoms with Crippen LogP contribution < -0.4 is 10.1 Å². The Bertz CT molecular complexity index is 811. The molecule has 1 saturated carbocycles. The molecular formula is C23H28N2O3. The topological polar surface area (TPSA) is 58.6 Å². The third-order valence-corrected chi connectivity index (χ3v) is 5.27. The van der Waals surface area contributed by atoms with Crippen molar-refractivity contribution < 1.29 is 14.3 Å². The Morgan fingerprint density at radius 2 is 1.71 bits per heavy atom. The number of anilines is 1. The maximum atomic E-state index is 13.0. The van der Waals surface area contributed by atoms with Crippen LogP contribution in [0.5, 0.6) is 5.75 Å². The molecule has 1 fully saturated rings. The van der Waals surface area contributed by atoms with E-state index in [4.69, 9.17) is 4.74 Å². The summed E-state index contributed by atoms with van der Waals surface area (Å²) in [5.41, 5.74) is 2.17. The van der Waals surface area contributed by atoms with Crippen molar-refractivity contribution in [1.82, 2.24) is 4.90 Å². The van der Waals surface area contributed by atoms with Gasteiger partial charge >= 0.3 is 0 Å². The minimum absolute atomic E-state index is 0.0535. The second kappa shape index (κ2) is 9.40.